The van der Waals surface area contributed by atoms with E-state index in [9.17, 15) is 18.0 Å². The first-order chi connectivity index (χ1) is 10.9. The number of hydrogen-bond donors (Lipinski definition) is 0. The van der Waals surface area contributed by atoms with Crippen LogP contribution in [0.3, 0.4) is 0 Å². The van der Waals surface area contributed by atoms with Crippen molar-refractivity contribution in [2.24, 2.45) is 0 Å². The van der Waals surface area contributed by atoms with Crippen LogP contribution in [0.5, 0.6) is 0 Å². The summed E-state index contributed by atoms with van der Waals surface area (Å²) < 4.78 is 43.3. The topological polar surface area (TPSA) is 60.3 Å². The standard InChI is InChI=1S/C13H13F3N4O2S/c14-13(15,16)7-19-8-17-11(18-19)9-6-22-4-3-20(9)12(21)10-2-1-5-23-10/h1-2,5,8-9H,3-4,6-7H2. The van der Waals surface area contributed by atoms with E-state index in [2.05, 4.69) is 10.1 Å². The zero-order valence-corrected chi connectivity index (χ0v) is 12.7. The van der Waals surface area contributed by atoms with Gasteiger partial charge < -0.3 is 9.64 Å². The Morgan fingerprint density at radius 3 is 3.00 bits per heavy atom. The predicted molar refractivity (Wildman–Crippen MR) is 75.0 cm³/mol. The number of morpholine rings is 1. The molecule has 1 unspecified atom stereocenters. The molecule has 3 heterocycles. The summed E-state index contributed by atoms with van der Waals surface area (Å²) in [4.78, 5) is 18.5. The van der Waals surface area contributed by atoms with E-state index in [-0.39, 0.29) is 18.3 Å². The minimum absolute atomic E-state index is 0.152. The molecule has 6 nitrogen and oxygen atoms in total. The summed E-state index contributed by atoms with van der Waals surface area (Å²) in [5, 5.41) is 5.64. The lowest BCUT2D eigenvalue weighted by Crippen LogP contribution is -2.43. The first-order valence-corrected chi connectivity index (χ1v) is 7.70. The van der Waals surface area contributed by atoms with Crippen molar-refractivity contribution in [1.82, 2.24) is 19.7 Å². The van der Waals surface area contributed by atoms with Crippen LogP contribution in [-0.2, 0) is 11.3 Å². The smallest absolute Gasteiger partial charge is 0.377 e. The first-order valence-electron chi connectivity index (χ1n) is 6.82. The van der Waals surface area contributed by atoms with Crippen molar-refractivity contribution < 1.29 is 22.7 Å². The third kappa shape index (κ3) is 3.70. The van der Waals surface area contributed by atoms with Gasteiger partial charge >= 0.3 is 6.18 Å². The Morgan fingerprint density at radius 1 is 1.48 bits per heavy atom. The molecule has 0 aliphatic carbocycles. The van der Waals surface area contributed by atoms with Crippen molar-refractivity contribution in [3.05, 3.63) is 34.5 Å². The summed E-state index contributed by atoms with van der Waals surface area (Å²) in [5.41, 5.74) is 0. The number of rotatable bonds is 3. The average molecular weight is 346 g/mol. The van der Waals surface area contributed by atoms with Crippen LogP contribution < -0.4 is 0 Å². The van der Waals surface area contributed by atoms with Crippen molar-refractivity contribution in [2.75, 3.05) is 19.8 Å². The minimum atomic E-state index is -4.37. The van der Waals surface area contributed by atoms with Crippen LogP contribution in [0.25, 0.3) is 0 Å². The van der Waals surface area contributed by atoms with E-state index < -0.39 is 18.8 Å². The Hall–Kier alpha value is -1.94. The summed E-state index contributed by atoms with van der Waals surface area (Å²) in [5.74, 6) is -0.0423. The SMILES string of the molecule is O=C(c1cccs1)N1CCOCC1c1ncn(CC(F)(F)F)n1. The van der Waals surface area contributed by atoms with Crippen LogP contribution in [0.1, 0.15) is 21.5 Å². The number of ether oxygens (including phenoxy) is 1. The second-order valence-electron chi connectivity index (χ2n) is 4.98. The Labute approximate surface area is 133 Å². The van der Waals surface area contributed by atoms with Gasteiger partial charge in [-0.1, -0.05) is 6.07 Å². The van der Waals surface area contributed by atoms with Crippen molar-refractivity contribution in [2.45, 2.75) is 18.8 Å². The van der Waals surface area contributed by atoms with Gasteiger partial charge in [0.05, 0.1) is 18.1 Å². The third-order valence-corrected chi connectivity index (χ3v) is 4.17. The molecule has 2 aromatic heterocycles. The van der Waals surface area contributed by atoms with Gasteiger partial charge in [-0.25, -0.2) is 9.67 Å². The molecule has 0 N–H and O–H groups in total. The number of amides is 1. The van der Waals surface area contributed by atoms with Crippen molar-refractivity contribution in [3.63, 3.8) is 0 Å². The number of carbonyl (C=O) groups excluding carboxylic acids is 1. The fourth-order valence-corrected chi connectivity index (χ4v) is 3.00. The summed E-state index contributed by atoms with van der Waals surface area (Å²) in [6, 6.07) is 2.88. The maximum absolute atomic E-state index is 12.5. The molecule has 23 heavy (non-hydrogen) atoms. The molecular formula is C13H13F3N4O2S. The second kappa shape index (κ2) is 6.28. The van der Waals surface area contributed by atoms with E-state index in [4.69, 9.17) is 4.74 Å². The lowest BCUT2D eigenvalue weighted by molar-refractivity contribution is -0.142. The summed E-state index contributed by atoms with van der Waals surface area (Å²) in [7, 11) is 0. The third-order valence-electron chi connectivity index (χ3n) is 3.31. The molecule has 124 valence electrons. The van der Waals surface area contributed by atoms with Crippen molar-refractivity contribution in [3.8, 4) is 0 Å². The molecule has 10 heteroatoms. The van der Waals surface area contributed by atoms with Gasteiger partial charge in [0.15, 0.2) is 5.82 Å². The van der Waals surface area contributed by atoms with E-state index in [1.54, 1.807) is 22.4 Å². The maximum atomic E-state index is 12.5. The number of aromatic nitrogens is 3. The number of hydrogen-bond acceptors (Lipinski definition) is 5. The maximum Gasteiger partial charge on any atom is 0.408 e. The highest BCUT2D eigenvalue weighted by Gasteiger charge is 2.34. The molecule has 1 saturated heterocycles. The molecule has 0 radical (unpaired) electrons. The van der Waals surface area contributed by atoms with Crippen molar-refractivity contribution >= 4 is 17.2 Å². The van der Waals surface area contributed by atoms with E-state index in [1.165, 1.54) is 11.3 Å². The monoisotopic (exact) mass is 346 g/mol. The van der Waals surface area contributed by atoms with Gasteiger partial charge in [-0.2, -0.15) is 18.3 Å². The van der Waals surface area contributed by atoms with Crippen molar-refractivity contribution in [1.29, 1.82) is 0 Å². The minimum Gasteiger partial charge on any atom is -0.377 e. The molecule has 1 aliphatic heterocycles. The number of carbonyl (C=O) groups is 1. The summed E-state index contributed by atoms with van der Waals surface area (Å²) in [6.45, 7) is -0.342. The molecule has 2 aromatic rings. The largest absolute Gasteiger partial charge is 0.408 e. The number of thiophene rings is 1. The van der Waals surface area contributed by atoms with Crippen LogP contribution >= 0.6 is 11.3 Å². The second-order valence-corrected chi connectivity index (χ2v) is 5.93. The highest BCUT2D eigenvalue weighted by atomic mass is 32.1. The molecule has 1 aliphatic rings. The highest BCUT2D eigenvalue weighted by Crippen LogP contribution is 2.25. The zero-order valence-electron chi connectivity index (χ0n) is 11.9. The van der Waals surface area contributed by atoms with Crippen LogP contribution in [0.4, 0.5) is 13.2 Å². The Morgan fingerprint density at radius 2 is 2.30 bits per heavy atom. The fraction of sp³-hybridized carbons (Fsp3) is 0.462. The molecule has 0 bridgehead atoms. The Bertz CT molecular complexity index is 671. The highest BCUT2D eigenvalue weighted by molar-refractivity contribution is 7.12. The molecule has 1 atom stereocenters. The fourth-order valence-electron chi connectivity index (χ4n) is 2.32. The summed E-state index contributed by atoms with van der Waals surface area (Å²) in [6.07, 6.45) is -3.36. The van der Waals surface area contributed by atoms with E-state index >= 15 is 0 Å². The summed E-state index contributed by atoms with van der Waals surface area (Å²) >= 11 is 1.31. The van der Waals surface area contributed by atoms with Gasteiger partial charge in [-0.15, -0.1) is 11.3 Å². The molecule has 3 rings (SSSR count). The number of halogens is 3. The van der Waals surface area contributed by atoms with E-state index in [1.807, 2.05) is 0 Å². The average Bonchev–Trinajstić information content (AvgIpc) is 3.16. The zero-order chi connectivity index (χ0) is 16.4. The van der Waals surface area contributed by atoms with E-state index in [0.717, 1.165) is 11.0 Å². The van der Waals surface area contributed by atoms with Gasteiger partial charge in [0.2, 0.25) is 0 Å². The lowest BCUT2D eigenvalue weighted by atomic mass is 10.2. The van der Waals surface area contributed by atoms with Gasteiger partial charge in [-0.3, -0.25) is 4.79 Å². The van der Waals surface area contributed by atoms with Crippen LogP contribution in [0.15, 0.2) is 23.8 Å². The quantitative estimate of drug-likeness (QED) is 0.854. The normalized spacial score (nSPS) is 19.1. The van der Waals surface area contributed by atoms with Crippen LogP contribution in [0.2, 0.25) is 0 Å². The molecule has 0 aromatic carbocycles. The lowest BCUT2D eigenvalue weighted by Gasteiger charge is -2.33. The Balaban J connectivity index is 1.80. The van der Waals surface area contributed by atoms with Gasteiger partial charge in [0, 0.05) is 6.54 Å². The van der Waals surface area contributed by atoms with Crippen LogP contribution in [-0.4, -0.2) is 51.5 Å². The van der Waals surface area contributed by atoms with Gasteiger partial charge in [-0.05, 0) is 11.4 Å². The first kappa shape index (κ1) is 15.9. The van der Waals surface area contributed by atoms with Gasteiger partial charge in [0.25, 0.3) is 5.91 Å². The molecule has 0 saturated carbocycles. The molecule has 1 amide bonds. The molecule has 0 spiro atoms. The number of nitrogens with zero attached hydrogens (tertiary/aromatic N) is 4. The Kier molecular flexibility index (Phi) is 4.35. The molecular weight excluding hydrogens is 333 g/mol. The molecule has 1 fully saturated rings. The predicted octanol–water partition coefficient (Wildman–Crippen LogP) is 2.12. The van der Waals surface area contributed by atoms with Crippen LogP contribution in [0, 0.1) is 0 Å². The van der Waals surface area contributed by atoms with Gasteiger partial charge in [0.1, 0.15) is 18.9 Å². The number of alkyl halides is 3. The van der Waals surface area contributed by atoms with E-state index in [0.29, 0.717) is 18.0 Å².